The van der Waals surface area contributed by atoms with E-state index in [-0.39, 0.29) is 5.76 Å². The zero-order valence-corrected chi connectivity index (χ0v) is 10.4. The minimum absolute atomic E-state index is 0.0171. The van der Waals surface area contributed by atoms with Gasteiger partial charge >= 0.3 is 5.97 Å². The molecule has 0 radical (unpaired) electrons. The molecule has 1 aromatic heterocycles. The Hall–Kier alpha value is -2.60. The van der Waals surface area contributed by atoms with Crippen molar-refractivity contribution >= 4 is 11.9 Å². The highest BCUT2D eigenvalue weighted by Gasteiger charge is 2.30. The first-order valence-electron chi connectivity index (χ1n) is 5.90. The molecule has 0 spiro atoms. The molecule has 0 saturated carbocycles. The van der Waals surface area contributed by atoms with Gasteiger partial charge in [-0.1, -0.05) is 30.3 Å². The Bertz CT molecular complexity index is 579. The lowest BCUT2D eigenvalue weighted by atomic mass is 10.0. The second-order valence-electron chi connectivity index (χ2n) is 4.12. The summed E-state index contributed by atoms with van der Waals surface area (Å²) >= 11 is 0. The standard InChI is InChI=1S/C14H13NO5/c16-12(9-5-2-1-3-6-9)11(14(18)19)15-13(17)10-7-4-8-20-10/h1-8,11-12,16H,(H,15,17)(H,18,19). The number of benzene rings is 1. The summed E-state index contributed by atoms with van der Waals surface area (Å²) in [5.74, 6) is -2.05. The van der Waals surface area contributed by atoms with Crippen LogP contribution in [0.2, 0.25) is 0 Å². The van der Waals surface area contributed by atoms with Crippen molar-refractivity contribution in [2.24, 2.45) is 0 Å². The van der Waals surface area contributed by atoms with E-state index in [0.29, 0.717) is 5.56 Å². The molecule has 0 bridgehead atoms. The highest BCUT2D eigenvalue weighted by Crippen LogP contribution is 2.17. The van der Waals surface area contributed by atoms with Crippen molar-refractivity contribution in [3.8, 4) is 0 Å². The number of carboxylic acids is 1. The van der Waals surface area contributed by atoms with Gasteiger partial charge in [0.2, 0.25) is 0 Å². The first-order chi connectivity index (χ1) is 9.59. The molecule has 0 aliphatic carbocycles. The molecule has 2 atom stereocenters. The molecule has 1 amide bonds. The first kappa shape index (κ1) is 13.8. The first-order valence-corrected chi connectivity index (χ1v) is 5.90. The van der Waals surface area contributed by atoms with Gasteiger partial charge in [0.1, 0.15) is 6.10 Å². The number of nitrogens with one attached hydrogen (secondary N) is 1. The van der Waals surface area contributed by atoms with Crippen LogP contribution in [-0.2, 0) is 4.79 Å². The molecule has 0 aliphatic rings. The molecule has 6 nitrogen and oxygen atoms in total. The highest BCUT2D eigenvalue weighted by atomic mass is 16.4. The van der Waals surface area contributed by atoms with E-state index in [4.69, 9.17) is 9.52 Å². The number of rotatable bonds is 5. The summed E-state index contributed by atoms with van der Waals surface area (Å²) in [5, 5.41) is 21.5. The van der Waals surface area contributed by atoms with Crippen LogP contribution in [0.15, 0.2) is 53.1 Å². The van der Waals surface area contributed by atoms with E-state index >= 15 is 0 Å². The molecule has 6 heteroatoms. The quantitative estimate of drug-likeness (QED) is 0.761. The maximum absolute atomic E-state index is 11.8. The van der Waals surface area contributed by atoms with Crippen LogP contribution in [-0.4, -0.2) is 28.1 Å². The lowest BCUT2D eigenvalue weighted by molar-refractivity contribution is -0.142. The van der Waals surface area contributed by atoms with Gasteiger partial charge in [-0.2, -0.15) is 0 Å². The third-order valence-electron chi connectivity index (χ3n) is 2.75. The van der Waals surface area contributed by atoms with E-state index in [2.05, 4.69) is 5.32 Å². The predicted octanol–water partition coefficient (Wildman–Crippen LogP) is 1.20. The number of carbonyl (C=O) groups is 2. The lowest BCUT2D eigenvalue weighted by Gasteiger charge is -2.20. The number of carboxylic acid groups (broad SMARTS) is 1. The molecule has 2 aromatic rings. The van der Waals surface area contributed by atoms with Crippen molar-refractivity contribution in [3.63, 3.8) is 0 Å². The molecule has 2 rings (SSSR count). The fourth-order valence-electron chi connectivity index (χ4n) is 1.74. The minimum atomic E-state index is -1.46. The Morgan fingerprint density at radius 2 is 1.80 bits per heavy atom. The van der Waals surface area contributed by atoms with Crippen LogP contribution in [0.3, 0.4) is 0 Å². The summed E-state index contributed by atoms with van der Waals surface area (Å²) < 4.78 is 4.87. The van der Waals surface area contributed by atoms with Crippen molar-refractivity contribution < 1.29 is 24.2 Å². The molecule has 2 unspecified atom stereocenters. The van der Waals surface area contributed by atoms with Crippen LogP contribution in [0, 0.1) is 0 Å². The predicted molar refractivity (Wildman–Crippen MR) is 69.0 cm³/mol. The monoisotopic (exact) mass is 275 g/mol. The summed E-state index contributed by atoms with van der Waals surface area (Å²) in [5.41, 5.74) is 0.402. The van der Waals surface area contributed by atoms with E-state index in [0.717, 1.165) is 0 Å². The van der Waals surface area contributed by atoms with Crippen LogP contribution < -0.4 is 5.32 Å². The molecule has 1 heterocycles. The van der Waals surface area contributed by atoms with Crippen LogP contribution >= 0.6 is 0 Å². The maximum atomic E-state index is 11.8. The topological polar surface area (TPSA) is 99.8 Å². The van der Waals surface area contributed by atoms with E-state index in [1.807, 2.05) is 0 Å². The number of hydrogen-bond donors (Lipinski definition) is 3. The van der Waals surface area contributed by atoms with Gasteiger partial charge in [-0.25, -0.2) is 4.79 Å². The largest absolute Gasteiger partial charge is 0.480 e. The van der Waals surface area contributed by atoms with Crippen molar-refractivity contribution in [2.75, 3.05) is 0 Å². The van der Waals surface area contributed by atoms with Crippen LogP contribution in [0.1, 0.15) is 22.2 Å². The maximum Gasteiger partial charge on any atom is 0.329 e. The second-order valence-corrected chi connectivity index (χ2v) is 4.12. The number of amides is 1. The van der Waals surface area contributed by atoms with Crippen LogP contribution in [0.25, 0.3) is 0 Å². The smallest absolute Gasteiger partial charge is 0.329 e. The Morgan fingerprint density at radius 3 is 2.35 bits per heavy atom. The number of aliphatic hydroxyl groups is 1. The van der Waals surface area contributed by atoms with Crippen LogP contribution in [0.5, 0.6) is 0 Å². The molecule has 0 aliphatic heterocycles. The highest BCUT2D eigenvalue weighted by molar-refractivity contribution is 5.94. The lowest BCUT2D eigenvalue weighted by Crippen LogP contribution is -2.44. The zero-order chi connectivity index (χ0) is 14.5. The second kappa shape index (κ2) is 6.03. The molecule has 1 aromatic carbocycles. The van der Waals surface area contributed by atoms with Gasteiger partial charge in [0.05, 0.1) is 6.26 Å². The summed E-state index contributed by atoms with van der Waals surface area (Å²) in [6, 6.07) is 9.71. The van der Waals surface area contributed by atoms with Crippen LogP contribution in [0.4, 0.5) is 0 Å². The summed E-state index contributed by atoms with van der Waals surface area (Å²) in [6.07, 6.45) is -0.0502. The SMILES string of the molecule is O=C(NC(C(=O)O)C(O)c1ccccc1)c1ccco1. The number of furan rings is 1. The Balaban J connectivity index is 2.15. The van der Waals surface area contributed by atoms with Crippen molar-refractivity contribution in [1.82, 2.24) is 5.32 Å². The summed E-state index contributed by atoms with van der Waals surface area (Å²) in [4.78, 5) is 23.0. The van der Waals surface area contributed by atoms with Gasteiger partial charge in [0, 0.05) is 0 Å². The Kier molecular flexibility index (Phi) is 4.17. The zero-order valence-electron chi connectivity index (χ0n) is 10.4. The Morgan fingerprint density at radius 1 is 1.10 bits per heavy atom. The number of hydrogen-bond acceptors (Lipinski definition) is 4. The molecular weight excluding hydrogens is 262 g/mol. The fraction of sp³-hybridized carbons (Fsp3) is 0.143. The van der Waals surface area contributed by atoms with Gasteiger partial charge in [-0.05, 0) is 17.7 Å². The molecule has 0 fully saturated rings. The average Bonchev–Trinajstić information content (AvgIpc) is 2.98. The molecule has 0 saturated heterocycles. The molecule has 3 N–H and O–H groups in total. The van der Waals surface area contributed by atoms with E-state index < -0.39 is 24.0 Å². The van der Waals surface area contributed by atoms with E-state index in [9.17, 15) is 14.7 Å². The number of carbonyl (C=O) groups excluding carboxylic acids is 1. The van der Waals surface area contributed by atoms with E-state index in [1.165, 1.54) is 18.4 Å². The summed E-state index contributed by atoms with van der Waals surface area (Å²) in [6.45, 7) is 0. The van der Waals surface area contributed by atoms with Gasteiger partial charge < -0.3 is 19.9 Å². The number of aliphatic hydroxyl groups excluding tert-OH is 1. The van der Waals surface area contributed by atoms with Gasteiger partial charge in [0.25, 0.3) is 5.91 Å². The van der Waals surface area contributed by atoms with Crippen molar-refractivity contribution in [2.45, 2.75) is 12.1 Å². The van der Waals surface area contributed by atoms with Gasteiger partial charge in [-0.3, -0.25) is 4.79 Å². The fourth-order valence-corrected chi connectivity index (χ4v) is 1.74. The van der Waals surface area contributed by atoms with Gasteiger partial charge in [-0.15, -0.1) is 0 Å². The summed E-state index contributed by atoms with van der Waals surface area (Å²) in [7, 11) is 0. The third kappa shape index (κ3) is 3.04. The minimum Gasteiger partial charge on any atom is -0.480 e. The normalized spacial score (nSPS) is 13.4. The Labute approximate surface area is 114 Å². The third-order valence-corrected chi connectivity index (χ3v) is 2.75. The average molecular weight is 275 g/mol. The van der Waals surface area contributed by atoms with E-state index in [1.54, 1.807) is 30.3 Å². The van der Waals surface area contributed by atoms with Crippen molar-refractivity contribution in [3.05, 3.63) is 60.1 Å². The van der Waals surface area contributed by atoms with Crippen molar-refractivity contribution in [1.29, 1.82) is 0 Å². The number of aliphatic carboxylic acids is 1. The van der Waals surface area contributed by atoms with Gasteiger partial charge in [0.15, 0.2) is 11.8 Å². The molecule has 104 valence electrons. The molecule has 20 heavy (non-hydrogen) atoms. The molecular formula is C14H13NO5.